The van der Waals surface area contributed by atoms with Gasteiger partial charge in [-0.05, 0) is 48.4 Å². The minimum Gasteiger partial charge on any atom is -0.497 e. The highest BCUT2D eigenvalue weighted by Gasteiger charge is 2.51. The summed E-state index contributed by atoms with van der Waals surface area (Å²) in [7, 11) is 1.62. The van der Waals surface area contributed by atoms with Gasteiger partial charge < -0.3 is 19.0 Å². The van der Waals surface area contributed by atoms with Crippen molar-refractivity contribution in [1.29, 1.82) is 0 Å². The molecule has 47 heavy (non-hydrogen) atoms. The Morgan fingerprint density at radius 3 is 1.87 bits per heavy atom. The number of thioether (sulfide) groups is 1. The first-order valence-electron chi connectivity index (χ1n) is 15.9. The third kappa shape index (κ3) is 3.51. The van der Waals surface area contributed by atoms with Crippen molar-refractivity contribution in [3.05, 3.63) is 120 Å². The number of rotatable bonds is 5. The Hall–Kier alpha value is -5.05. The molecule has 1 aliphatic carbocycles. The third-order valence-electron chi connectivity index (χ3n) is 10.5. The molecule has 2 amide bonds. The summed E-state index contributed by atoms with van der Waals surface area (Å²) in [6, 6.07) is 33.9. The van der Waals surface area contributed by atoms with Crippen molar-refractivity contribution in [2.75, 3.05) is 7.11 Å². The molecule has 1 saturated carbocycles. The summed E-state index contributed by atoms with van der Waals surface area (Å²) >= 11 is 1.72. The minimum absolute atomic E-state index is 0.0369. The lowest BCUT2D eigenvalue weighted by Crippen LogP contribution is -2.29. The second kappa shape index (κ2) is 9.73. The summed E-state index contributed by atoms with van der Waals surface area (Å²) in [6.07, 6.45) is 0.101. The van der Waals surface area contributed by atoms with E-state index in [0.717, 1.165) is 66.2 Å². The molecule has 0 unspecified atom stereocenters. The molecule has 1 fully saturated rings. The fourth-order valence-corrected chi connectivity index (χ4v) is 9.91. The number of methoxy groups -OCH3 is 1. The van der Waals surface area contributed by atoms with E-state index >= 15 is 0 Å². The number of hydrogen-bond donors (Lipinski definition) is 1. The van der Waals surface area contributed by atoms with Gasteiger partial charge in [-0.25, -0.2) is 0 Å². The van der Waals surface area contributed by atoms with Gasteiger partial charge in [-0.1, -0.05) is 66.7 Å². The van der Waals surface area contributed by atoms with Crippen molar-refractivity contribution in [3.63, 3.8) is 0 Å². The molecule has 8 heteroatoms. The number of benzene rings is 5. The smallest absolute Gasteiger partial charge is 0.262 e. The topological polar surface area (TPSA) is 76.7 Å². The van der Waals surface area contributed by atoms with Gasteiger partial charge in [0.2, 0.25) is 0 Å². The number of ether oxygens (including phenoxy) is 1. The van der Waals surface area contributed by atoms with Gasteiger partial charge in [0.05, 0.1) is 59.3 Å². The monoisotopic (exact) mass is 635 g/mol. The van der Waals surface area contributed by atoms with Crippen molar-refractivity contribution in [2.45, 2.75) is 41.3 Å². The molecule has 1 N–H and O–H groups in total. The van der Waals surface area contributed by atoms with E-state index in [1.54, 1.807) is 18.9 Å². The van der Waals surface area contributed by atoms with Crippen LogP contribution in [0.25, 0.3) is 43.6 Å². The van der Waals surface area contributed by atoms with E-state index in [0.29, 0.717) is 11.1 Å². The maximum atomic E-state index is 14.6. The largest absolute Gasteiger partial charge is 0.497 e. The van der Waals surface area contributed by atoms with E-state index in [4.69, 9.17) is 4.74 Å². The van der Waals surface area contributed by atoms with E-state index in [1.807, 2.05) is 72.8 Å². The van der Waals surface area contributed by atoms with Crippen LogP contribution in [0.1, 0.15) is 44.8 Å². The van der Waals surface area contributed by atoms with Gasteiger partial charge in [0, 0.05) is 37.5 Å². The lowest BCUT2D eigenvalue weighted by molar-refractivity contribution is 0.0643. The highest BCUT2D eigenvalue weighted by atomic mass is 32.2. The van der Waals surface area contributed by atoms with Crippen LogP contribution in [-0.2, 0) is 6.54 Å². The zero-order valence-corrected chi connectivity index (χ0v) is 26.3. The van der Waals surface area contributed by atoms with Crippen LogP contribution >= 0.6 is 11.8 Å². The molecule has 4 heterocycles. The number of hydrogen-bond acceptors (Lipinski definition) is 5. The summed E-state index contributed by atoms with van der Waals surface area (Å²) in [6.45, 7) is 0.163. The summed E-state index contributed by atoms with van der Waals surface area (Å²) in [5.41, 5.74) is 5.68. The summed E-state index contributed by atoms with van der Waals surface area (Å²) in [5, 5.41) is 15.6. The molecule has 0 radical (unpaired) electrons. The molecule has 2 aromatic heterocycles. The number of aliphatic hydroxyl groups is 1. The highest BCUT2D eigenvalue weighted by molar-refractivity contribution is 8.00. The Labute approximate surface area is 273 Å². The van der Waals surface area contributed by atoms with E-state index in [1.165, 1.54) is 4.90 Å². The molecule has 4 atom stereocenters. The van der Waals surface area contributed by atoms with E-state index in [2.05, 4.69) is 39.5 Å². The third-order valence-corrected chi connectivity index (χ3v) is 11.9. The van der Waals surface area contributed by atoms with Crippen LogP contribution in [-0.4, -0.2) is 49.4 Å². The Morgan fingerprint density at radius 2 is 1.28 bits per heavy atom. The van der Waals surface area contributed by atoms with Crippen LogP contribution in [0.15, 0.2) is 108 Å². The number of aromatic nitrogens is 2. The molecule has 5 aromatic carbocycles. The first-order valence-corrected chi connectivity index (χ1v) is 16.8. The average Bonchev–Trinajstić information content (AvgIpc) is 3.76. The fraction of sp³-hybridized carbons (Fsp3) is 0.179. The predicted molar refractivity (Wildman–Crippen MR) is 184 cm³/mol. The number of aliphatic hydroxyl groups excluding tert-OH is 1. The Morgan fingerprint density at radius 1 is 0.723 bits per heavy atom. The molecule has 230 valence electrons. The SMILES string of the molecule is COc1ccc(CN2C(=O)c3c(c4c5ccccc5n5c4c4c3c3ccccc3n4[C@@H]3C[C@H]5[C@H](Sc4ccccc4)[C@H]3O)C2=O)cc1. The van der Waals surface area contributed by atoms with Crippen molar-refractivity contribution in [2.24, 2.45) is 0 Å². The van der Waals surface area contributed by atoms with E-state index < -0.39 is 6.10 Å². The van der Waals surface area contributed by atoms with Gasteiger partial charge in [0.15, 0.2) is 0 Å². The van der Waals surface area contributed by atoms with Gasteiger partial charge in [0.1, 0.15) is 5.75 Å². The summed E-state index contributed by atoms with van der Waals surface area (Å²) in [5.74, 6) is 0.164. The molecule has 3 aliphatic rings. The van der Waals surface area contributed by atoms with Crippen LogP contribution in [0, 0.1) is 0 Å². The summed E-state index contributed by atoms with van der Waals surface area (Å²) in [4.78, 5) is 31.7. The number of para-hydroxylation sites is 2. The van der Waals surface area contributed by atoms with E-state index in [9.17, 15) is 14.7 Å². The average molecular weight is 636 g/mol. The lowest BCUT2D eigenvalue weighted by atomic mass is 9.96. The highest BCUT2D eigenvalue weighted by Crippen LogP contribution is 2.57. The molecule has 2 bridgehead atoms. The normalized spacial score (nSPS) is 21.5. The molecule has 0 spiro atoms. The quantitative estimate of drug-likeness (QED) is 0.196. The van der Waals surface area contributed by atoms with Crippen LogP contribution in [0.2, 0.25) is 0 Å². The minimum atomic E-state index is -0.634. The predicted octanol–water partition coefficient (Wildman–Crippen LogP) is 7.73. The van der Waals surface area contributed by atoms with Crippen LogP contribution in [0.5, 0.6) is 5.75 Å². The van der Waals surface area contributed by atoms with Crippen molar-refractivity contribution in [3.8, 4) is 5.75 Å². The molecule has 7 aromatic rings. The molecular weight excluding hydrogens is 607 g/mol. The van der Waals surface area contributed by atoms with Crippen LogP contribution < -0.4 is 4.74 Å². The Kier molecular flexibility index (Phi) is 5.61. The van der Waals surface area contributed by atoms with Crippen molar-refractivity contribution < 1.29 is 19.4 Å². The van der Waals surface area contributed by atoms with Gasteiger partial charge in [0.25, 0.3) is 11.8 Å². The summed E-state index contributed by atoms with van der Waals surface area (Å²) < 4.78 is 10.0. The van der Waals surface area contributed by atoms with Gasteiger partial charge in [-0.15, -0.1) is 11.8 Å². The maximum absolute atomic E-state index is 14.6. The molecule has 2 aliphatic heterocycles. The van der Waals surface area contributed by atoms with Gasteiger partial charge >= 0.3 is 0 Å². The molecule has 0 saturated heterocycles. The van der Waals surface area contributed by atoms with Gasteiger partial charge in [-0.3, -0.25) is 14.5 Å². The van der Waals surface area contributed by atoms with Crippen LogP contribution in [0.3, 0.4) is 0 Å². The van der Waals surface area contributed by atoms with Gasteiger partial charge in [-0.2, -0.15) is 0 Å². The first-order chi connectivity index (χ1) is 23.0. The Bertz CT molecular complexity index is 2460. The number of fused-ring (bicyclic) bond motifs is 13. The standard InChI is InChI=1S/C39H29N3O4S/c1-46-22-17-15-21(16-18-22)20-40-38(44)32-30-24-11-5-7-13-26(24)41-28-19-29(37(36(28)43)47-23-9-3-2-4-10-23)42-27-14-8-6-12-25(27)31(33(32)39(40)45)35(42)34(30)41/h2-18,28-29,36-37,43H,19-20H2,1H3/t28-,29+,36+,37+/m1/s1. The number of amides is 2. The number of nitrogens with zero attached hydrogens (tertiary/aromatic N) is 3. The van der Waals surface area contributed by atoms with Crippen molar-refractivity contribution >= 4 is 67.2 Å². The zero-order valence-electron chi connectivity index (χ0n) is 25.5. The molecule has 7 nitrogen and oxygen atoms in total. The Balaban J connectivity index is 1.30. The number of imide groups is 1. The van der Waals surface area contributed by atoms with Crippen LogP contribution in [0.4, 0.5) is 0 Å². The number of carbonyl (C=O) groups is 2. The fourth-order valence-electron chi connectivity index (χ4n) is 8.57. The lowest BCUT2D eigenvalue weighted by Gasteiger charge is -2.27. The second-order valence-electron chi connectivity index (χ2n) is 12.8. The molecule has 10 rings (SSSR count). The molecular formula is C39H29N3O4S. The first kappa shape index (κ1) is 27.1. The second-order valence-corrected chi connectivity index (χ2v) is 14.0. The van der Waals surface area contributed by atoms with Crippen molar-refractivity contribution in [1.82, 2.24) is 14.0 Å². The number of carbonyl (C=O) groups excluding carboxylic acids is 2. The zero-order chi connectivity index (χ0) is 31.6. The maximum Gasteiger partial charge on any atom is 0.262 e. The van der Waals surface area contributed by atoms with E-state index in [-0.39, 0.29) is 35.7 Å².